The first kappa shape index (κ1) is 22.2. The third-order valence-corrected chi connectivity index (χ3v) is 5.57. The van der Waals surface area contributed by atoms with E-state index in [-0.39, 0.29) is 17.0 Å². The largest absolute Gasteiger partial charge is 0.372 e. The highest BCUT2D eigenvalue weighted by molar-refractivity contribution is 6.46. The fourth-order valence-corrected chi connectivity index (χ4v) is 3.87. The van der Waals surface area contributed by atoms with Crippen LogP contribution in [0.1, 0.15) is 19.4 Å². The maximum Gasteiger partial charge on any atom is 0.282 e. The maximum absolute atomic E-state index is 13.9. The molecule has 33 heavy (non-hydrogen) atoms. The molecule has 0 spiro atoms. The van der Waals surface area contributed by atoms with Gasteiger partial charge in [-0.2, -0.15) is 0 Å². The lowest BCUT2D eigenvalue weighted by Gasteiger charge is -2.21. The van der Waals surface area contributed by atoms with Gasteiger partial charge in [-0.05, 0) is 55.8 Å². The van der Waals surface area contributed by atoms with Gasteiger partial charge in [-0.15, -0.1) is 0 Å². The number of imide groups is 1. The number of halogens is 2. The standard InChI is InChI=1S/C26H23F2N3O2/c1-3-30(4-2)19-12-10-18(11-13-19)29-24-23(17-8-6-5-7-9-17)25(32)31(26(24)33)20-14-15-21(27)22(28)16-20/h5-16,29H,3-4H2,1-2H3. The maximum atomic E-state index is 13.9. The fourth-order valence-electron chi connectivity index (χ4n) is 3.87. The van der Waals surface area contributed by atoms with Crippen LogP contribution in [0.3, 0.4) is 0 Å². The van der Waals surface area contributed by atoms with Crippen molar-refractivity contribution in [3.63, 3.8) is 0 Å². The van der Waals surface area contributed by atoms with Crippen molar-refractivity contribution >= 4 is 34.4 Å². The minimum atomic E-state index is -1.14. The molecule has 5 nitrogen and oxygen atoms in total. The van der Waals surface area contributed by atoms with E-state index >= 15 is 0 Å². The molecule has 1 aliphatic rings. The summed E-state index contributed by atoms with van der Waals surface area (Å²) in [5.74, 6) is -3.44. The molecule has 3 aromatic rings. The molecular formula is C26H23F2N3O2. The van der Waals surface area contributed by atoms with Crippen LogP contribution in [0.15, 0.2) is 78.5 Å². The third-order valence-electron chi connectivity index (χ3n) is 5.57. The van der Waals surface area contributed by atoms with E-state index in [9.17, 15) is 18.4 Å². The zero-order chi connectivity index (χ0) is 23.5. The van der Waals surface area contributed by atoms with Gasteiger partial charge in [0.2, 0.25) is 0 Å². The summed E-state index contributed by atoms with van der Waals surface area (Å²) in [4.78, 5) is 29.7. The molecule has 3 aromatic carbocycles. The van der Waals surface area contributed by atoms with Crippen molar-refractivity contribution in [3.8, 4) is 0 Å². The Morgan fingerprint density at radius 2 is 1.48 bits per heavy atom. The molecule has 7 heteroatoms. The molecule has 0 bridgehead atoms. The van der Waals surface area contributed by atoms with Crippen molar-refractivity contribution in [1.82, 2.24) is 0 Å². The second-order valence-corrected chi connectivity index (χ2v) is 7.50. The lowest BCUT2D eigenvalue weighted by Crippen LogP contribution is -2.32. The fraction of sp³-hybridized carbons (Fsp3) is 0.154. The third kappa shape index (κ3) is 4.22. The molecule has 0 aliphatic carbocycles. The number of rotatable bonds is 7. The van der Waals surface area contributed by atoms with Gasteiger partial charge in [0.1, 0.15) is 5.70 Å². The highest BCUT2D eigenvalue weighted by Crippen LogP contribution is 2.34. The van der Waals surface area contributed by atoms with E-state index < -0.39 is 23.4 Å². The SMILES string of the molecule is CCN(CC)c1ccc(NC2=C(c3ccccc3)C(=O)N(c3ccc(F)c(F)c3)C2=O)cc1. The number of hydrogen-bond donors (Lipinski definition) is 1. The van der Waals surface area contributed by atoms with Gasteiger partial charge >= 0.3 is 0 Å². The van der Waals surface area contributed by atoms with Gasteiger partial charge < -0.3 is 10.2 Å². The summed E-state index contributed by atoms with van der Waals surface area (Å²) in [6.45, 7) is 5.87. The second kappa shape index (κ2) is 9.24. The van der Waals surface area contributed by atoms with E-state index in [1.165, 1.54) is 6.07 Å². The lowest BCUT2D eigenvalue weighted by molar-refractivity contribution is -0.120. The van der Waals surface area contributed by atoms with E-state index in [1.807, 2.05) is 24.3 Å². The molecule has 1 heterocycles. The quantitative estimate of drug-likeness (QED) is 0.506. The summed E-state index contributed by atoms with van der Waals surface area (Å²) < 4.78 is 27.3. The number of nitrogens with zero attached hydrogens (tertiary/aromatic N) is 2. The molecule has 1 aliphatic heterocycles. The summed E-state index contributed by atoms with van der Waals surface area (Å²) in [5, 5.41) is 3.08. The molecule has 0 radical (unpaired) electrons. The van der Waals surface area contributed by atoms with Crippen molar-refractivity contribution in [1.29, 1.82) is 0 Å². The number of hydrogen-bond acceptors (Lipinski definition) is 4. The van der Waals surface area contributed by atoms with Crippen LogP contribution >= 0.6 is 0 Å². The topological polar surface area (TPSA) is 52.7 Å². The van der Waals surface area contributed by atoms with Crippen LogP contribution in [0, 0.1) is 11.6 Å². The molecule has 0 aromatic heterocycles. The van der Waals surface area contributed by atoms with Gasteiger partial charge in [-0.25, -0.2) is 13.7 Å². The average Bonchev–Trinajstić information content (AvgIpc) is 3.07. The summed E-state index contributed by atoms with van der Waals surface area (Å²) in [5.41, 5.74) is 2.42. The molecule has 0 unspecified atom stereocenters. The summed E-state index contributed by atoms with van der Waals surface area (Å²) >= 11 is 0. The Balaban J connectivity index is 1.73. The first-order chi connectivity index (χ1) is 15.9. The van der Waals surface area contributed by atoms with Gasteiger partial charge in [0.05, 0.1) is 11.3 Å². The molecule has 2 amide bonds. The Bertz CT molecular complexity index is 1220. The van der Waals surface area contributed by atoms with Crippen LogP contribution in [-0.4, -0.2) is 24.9 Å². The van der Waals surface area contributed by atoms with Crippen molar-refractivity contribution in [2.24, 2.45) is 0 Å². The number of anilines is 3. The highest BCUT2D eigenvalue weighted by atomic mass is 19.2. The van der Waals surface area contributed by atoms with E-state index in [2.05, 4.69) is 24.1 Å². The molecule has 0 atom stereocenters. The van der Waals surface area contributed by atoms with Crippen LogP contribution in [-0.2, 0) is 9.59 Å². The highest BCUT2D eigenvalue weighted by Gasteiger charge is 2.40. The monoisotopic (exact) mass is 447 g/mol. The minimum absolute atomic E-state index is 0.0361. The first-order valence-electron chi connectivity index (χ1n) is 10.7. The molecule has 0 saturated carbocycles. The number of amides is 2. The molecular weight excluding hydrogens is 424 g/mol. The van der Waals surface area contributed by atoms with E-state index in [4.69, 9.17) is 0 Å². The number of carbonyl (C=O) groups excluding carboxylic acids is 2. The first-order valence-corrected chi connectivity index (χ1v) is 10.7. The predicted molar refractivity (Wildman–Crippen MR) is 126 cm³/mol. The zero-order valence-electron chi connectivity index (χ0n) is 18.3. The Morgan fingerprint density at radius 1 is 0.818 bits per heavy atom. The van der Waals surface area contributed by atoms with Gasteiger partial charge in [0, 0.05) is 30.5 Å². The van der Waals surface area contributed by atoms with Crippen LogP contribution in [0.4, 0.5) is 25.8 Å². The number of benzene rings is 3. The smallest absolute Gasteiger partial charge is 0.282 e. The molecule has 4 rings (SSSR count). The normalized spacial score (nSPS) is 13.6. The Morgan fingerprint density at radius 3 is 2.09 bits per heavy atom. The van der Waals surface area contributed by atoms with E-state index in [0.717, 1.165) is 35.8 Å². The summed E-state index contributed by atoms with van der Waals surface area (Å²) in [6, 6.07) is 19.3. The molecule has 1 N–H and O–H groups in total. The summed E-state index contributed by atoms with van der Waals surface area (Å²) in [6.07, 6.45) is 0. The van der Waals surface area contributed by atoms with E-state index in [1.54, 1.807) is 30.3 Å². The van der Waals surface area contributed by atoms with Crippen LogP contribution < -0.4 is 15.1 Å². The van der Waals surface area contributed by atoms with Gasteiger partial charge in [-0.3, -0.25) is 9.59 Å². The predicted octanol–water partition coefficient (Wildman–Crippen LogP) is 5.21. The van der Waals surface area contributed by atoms with Gasteiger partial charge in [-0.1, -0.05) is 30.3 Å². The van der Waals surface area contributed by atoms with Crippen LogP contribution in [0.2, 0.25) is 0 Å². The van der Waals surface area contributed by atoms with Crippen molar-refractivity contribution in [2.75, 3.05) is 28.2 Å². The van der Waals surface area contributed by atoms with E-state index in [0.29, 0.717) is 11.3 Å². The number of nitrogens with one attached hydrogen (secondary N) is 1. The minimum Gasteiger partial charge on any atom is -0.372 e. The number of carbonyl (C=O) groups is 2. The Labute approximate surface area is 190 Å². The molecule has 0 fully saturated rings. The second-order valence-electron chi connectivity index (χ2n) is 7.50. The van der Waals surface area contributed by atoms with Gasteiger partial charge in [0.15, 0.2) is 11.6 Å². The van der Waals surface area contributed by atoms with Crippen molar-refractivity contribution in [3.05, 3.63) is 95.7 Å². The Hall–Kier alpha value is -4.00. The van der Waals surface area contributed by atoms with Crippen molar-refractivity contribution in [2.45, 2.75) is 13.8 Å². The van der Waals surface area contributed by atoms with Crippen LogP contribution in [0.25, 0.3) is 5.57 Å². The zero-order valence-corrected chi connectivity index (χ0v) is 18.3. The molecule has 0 saturated heterocycles. The molecule has 168 valence electrons. The average molecular weight is 447 g/mol. The van der Waals surface area contributed by atoms with Crippen molar-refractivity contribution < 1.29 is 18.4 Å². The summed E-state index contributed by atoms with van der Waals surface area (Å²) in [7, 11) is 0. The lowest BCUT2D eigenvalue weighted by atomic mass is 10.0. The van der Waals surface area contributed by atoms with Gasteiger partial charge in [0.25, 0.3) is 11.8 Å². The van der Waals surface area contributed by atoms with Crippen LogP contribution in [0.5, 0.6) is 0 Å². The Kier molecular flexibility index (Phi) is 6.22.